The second-order valence-corrected chi connectivity index (χ2v) is 8.79. The Balaban J connectivity index is 1.59. The zero-order chi connectivity index (χ0) is 24.3. The molecule has 0 aliphatic carbocycles. The van der Waals surface area contributed by atoms with E-state index in [1.165, 1.54) is 6.20 Å². The maximum atomic E-state index is 13.7. The van der Waals surface area contributed by atoms with Gasteiger partial charge in [0.25, 0.3) is 5.91 Å². The Bertz CT molecular complexity index is 1150. The number of aromatic nitrogens is 4. The summed E-state index contributed by atoms with van der Waals surface area (Å²) in [7, 11) is 0. The van der Waals surface area contributed by atoms with Gasteiger partial charge in [-0.2, -0.15) is 13.2 Å². The Hall–Kier alpha value is -3.36. The first-order valence-corrected chi connectivity index (χ1v) is 11.3. The second kappa shape index (κ2) is 9.87. The van der Waals surface area contributed by atoms with Gasteiger partial charge >= 0.3 is 6.18 Å². The summed E-state index contributed by atoms with van der Waals surface area (Å²) in [5.74, 6) is 0.529. The van der Waals surface area contributed by atoms with Gasteiger partial charge in [-0.3, -0.25) is 9.78 Å². The highest BCUT2D eigenvalue weighted by molar-refractivity contribution is 5.98. The van der Waals surface area contributed by atoms with Crippen LogP contribution in [-0.4, -0.2) is 43.3 Å². The lowest BCUT2D eigenvalue weighted by atomic mass is 9.90. The molecule has 0 radical (unpaired) electrons. The average Bonchev–Trinajstić information content (AvgIpc) is 2.83. The van der Waals surface area contributed by atoms with Crippen LogP contribution in [0.2, 0.25) is 0 Å². The predicted octanol–water partition coefficient (Wildman–Crippen LogP) is 5.13. The average molecular weight is 470 g/mol. The molecule has 1 amide bonds. The maximum absolute atomic E-state index is 13.7. The number of nitrogens with zero attached hydrogens (tertiary/aromatic N) is 5. The van der Waals surface area contributed by atoms with Gasteiger partial charge in [0, 0.05) is 42.6 Å². The molecule has 3 aromatic heterocycles. The van der Waals surface area contributed by atoms with Crippen molar-refractivity contribution in [3.05, 3.63) is 71.6 Å². The Kier molecular flexibility index (Phi) is 6.90. The van der Waals surface area contributed by atoms with Gasteiger partial charge < -0.3 is 4.90 Å². The van der Waals surface area contributed by atoms with E-state index in [0.29, 0.717) is 53.8 Å². The van der Waals surface area contributed by atoms with Crippen molar-refractivity contribution in [2.45, 2.75) is 51.7 Å². The van der Waals surface area contributed by atoms with Crippen LogP contribution in [-0.2, 0) is 12.6 Å². The number of hydrogen-bond donors (Lipinski definition) is 0. The zero-order valence-corrected chi connectivity index (χ0v) is 19.1. The van der Waals surface area contributed by atoms with Gasteiger partial charge in [-0.15, -0.1) is 0 Å². The first-order chi connectivity index (χ1) is 16.2. The molecule has 0 spiro atoms. The summed E-state index contributed by atoms with van der Waals surface area (Å²) in [6.45, 7) is 4.47. The highest BCUT2D eigenvalue weighted by atomic mass is 19.4. The summed E-state index contributed by atoms with van der Waals surface area (Å²) >= 11 is 0. The van der Waals surface area contributed by atoms with Gasteiger partial charge in [0.05, 0.1) is 11.1 Å². The largest absolute Gasteiger partial charge is 0.416 e. The van der Waals surface area contributed by atoms with E-state index in [4.69, 9.17) is 0 Å². The van der Waals surface area contributed by atoms with Crippen LogP contribution < -0.4 is 0 Å². The highest BCUT2D eigenvalue weighted by Gasteiger charge is 2.33. The Morgan fingerprint density at radius 1 is 1.09 bits per heavy atom. The zero-order valence-electron chi connectivity index (χ0n) is 19.1. The fourth-order valence-electron chi connectivity index (χ4n) is 4.34. The van der Waals surface area contributed by atoms with Gasteiger partial charge in [0.1, 0.15) is 5.69 Å². The van der Waals surface area contributed by atoms with E-state index >= 15 is 0 Å². The minimum absolute atomic E-state index is 0.119. The normalized spacial score (nSPS) is 18.7. The number of hydrogen-bond acceptors (Lipinski definition) is 5. The van der Waals surface area contributed by atoms with Crippen LogP contribution in [0.1, 0.15) is 53.6 Å². The van der Waals surface area contributed by atoms with Crippen molar-refractivity contribution in [2.24, 2.45) is 5.92 Å². The lowest BCUT2D eigenvalue weighted by Gasteiger charge is -2.39. The summed E-state index contributed by atoms with van der Waals surface area (Å²) in [5.41, 5.74) is 1.22. The van der Waals surface area contributed by atoms with E-state index < -0.39 is 11.7 Å². The van der Waals surface area contributed by atoms with Gasteiger partial charge in [-0.1, -0.05) is 6.92 Å². The summed E-state index contributed by atoms with van der Waals surface area (Å²) < 4.78 is 39.2. The summed E-state index contributed by atoms with van der Waals surface area (Å²) in [5, 5.41) is 0. The standard InChI is InChI=1S/C25H26F3N5O/c1-16-4-7-20(8-6-19-14-18(10-13-29-19)25(26,27)28)33(15-16)24(34)22-21(9-5-17(2)32-22)23-30-11-3-12-31-23/h3,5,9-14,16,20H,4,6-8,15H2,1-2H3/t16-,20-/m0/s1. The summed E-state index contributed by atoms with van der Waals surface area (Å²) in [6, 6.07) is 7.27. The smallest absolute Gasteiger partial charge is 0.334 e. The van der Waals surface area contributed by atoms with Gasteiger partial charge in [-0.25, -0.2) is 15.0 Å². The van der Waals surface area contributed by atoms with E-state index in [2.05, 4.69) is 26.9 Å². The van der Waals surface area contributed by atoms with Crippen LogP contribution in [0.3, 0.4) is 0 Å². The number of halogens is 3. The number of carbonyl (C=O) groups excluding carboxylic acids is 1. The molecule has 34 heavy (non-hydrogen) atoms. The fraction of sp³-hybridized carbons (Fsp3) is 0.400. The first-order valence-electron chi connectivity index (χ1n) is 11.3. The topological polar surface area (TPSA) is 71.9 Å². The fourth-order valence-corrected chi connectivity index (χ4v) is 4.34. The molecule has 6 nitrogen and oxygen atoms in total. The molecule has 4 rings (SSSR count). The number of carbonyl (C=O) groups is 1. The molecule has 9 heteroatoms. The van der Waals surface area contributed by atoms with E-state index in [0.717, 1.165) is 25.0 Å². The van der Waals surface area contributed by atoms with E-state index in [1.807, 2.05) is 17.9 Å². The predicted molar refractivity (Wildman–Crippen MR) is 121 cm³/mol. The number of aryl methyl sites for hydroxylation is 2. The summed E-state index contributed by atoms with van der Waals surface area (Å²) in [6.07, 6.45) is 2.60. The van der Waals surface area contributed by atoms with Crippen LogP contribution in [0.4, 0.5) is 13.2 Å². The molecule has 2 atom stereocenters. The molecule has 1 aliphatic heterocycles. The van der Waals surface area contributed by atoms with Crippen LogP contribution in [0.15, 0.2) is 48.9 Å². The molecular weight excluding hydrogens is 443 g/mol. The van der Waals surface area contributed by atoms with Crippen molar-refractivity contribution in [3.63, 3.8) is 0 Å². The summed E-state index contributed by atoms with van der Waals surface area (Å²) in [4.78, 5) is 32.8. The molecule has 178 valence electrons. The maximum Gasteiger partial charge on any atom is 0.416 e. The van der Waals surface area contributed by atoms with Gasteiger partial charge in [-0.05, 0) is 68.9 Å². The molecule has 1 saturated heterocycles. The Labute approximate surface area is 196 Å². The van der Waals surface area contributed by atoms with E-state index in [1.54, 1.807) is 24.5 Å². The third kappa shape index (κ3) is 5.40. The van der Waals surface area contributed by atoms with Gasteiger partial charge in [0.15, 0.2) is 5.82 Å². The SMILES string of the molecule is Cc1ccc(-c2ncccn2)c(C(=O)N2C[C@@H](C)CC[C@H]2CCc2cc(C(F)(F)F)ccn2)n1. The molecule has 0 N–H and O–H groups in total. The van der Waals surface area contributed by atoms with Crippen LogP contribution >= 0.6 is 0 Å². The molecule has 0 aromatic carbocycles. The molecule has 0 saturated carbocycles. The number of likely N-dealkylation sites (tertiary alicyclic amines) is 1. The van der Waals surface area contributed by atoms with Crippen molar-refractivity contribution in [1.82, 2.24) is 24.8 Å². The third-order valence-corrected chi connectivity index (χ3v) is 6.12. The van der Waals surface area contributed by atoms with Crippen molar-refractivity contribution in [3.8, 4) is 11.4 Å². The minimum Gasteiger partial charge on any atom is -0.334 e. The van der Waals surface area contributed by atoms with Crippen molar-refractivity contribution in [1.29, 1.82) is 0 Å². The third-order valence-electron chi connectivity index (χ3n) is 6.12. The molecule has 3 aromatic rings. The highest BCUT2D eigenvalue weighted by Crippen LogP contribution is 2.31. The number of alkyl halides is 3. The minimum atomic E-state index is -4.41. The van der Waals surface area contributed by atoms with Crippen molar-refractivity contribution >= 4 is 5.91 Å². The van der Waals surface area contributed by atoms with E-state index in [-0.39, 0.29) is 11.9 Å². The van der Waals surface area contributed by atoms with Gasteiger partial charge in [0.2, 0.25) is 0 Å². The molecule has 1 fully saturated rings. The second-order valence-electron chi connectivity index (χ2n) is 8.79. The lowest BCUT2D eigenvalue weighted by Crippen LogP contribution is -2.47. The van der Waals surface area contributed by atoms with Crippen LogP contribution in [0.5, 0.6) is 0 Å². The monoisotopic (exact) mass is 469 g/mol. The molecule has 0 unspecified atom stereocenters. The number of piperidine rings is 1. The quantitative estimate of drug-likeness (QED) is 0.518. The first kappa shape index (κ1) is 23.8. The number of pyridine rings is 2. The number of rotatable bonds is 5. The molecule has 1 aliphatic rings. The number of amides is 1. The van der Waals surface area contributed by atoms with E-state index in [9.17, 15) is 18.0 Å². The van der Waals surface area contributed by atoms with Crippen LogP contribution in [0.25, 0.3) is 11.4 Å². The van der Waals surface area contributed by atoms with Crippen LogP contribution in [0, 0.1) is 12.8 Å². The lowest BCUT2D eigenvalue weighted by molar-refractivity contribution is -0.137. The Morgan fingerprint density at radius 3 is 2.59 bits per heavy atom. The molecular formula is C25H26F3N5O. The Morgan fingerprint density at radius 2 is 1.85 bits per heavy atom. The molecule has 0 bridgehead atoms. The molecule has 4 heterocycles. The van der Waals surface area contributed by atoms with Crippen molar-refractivity contribution < 1.29 is 18.0 Å². The van der Waals surface area contributed by atoms with Crippen molar-refractivity contribution in [2.75, 3.05) is 6.54 Å².